The fourth-order valence-electron chi connectivity index (χ4n) is 6.06. The van der Waals surface area contributed by atoms with Gasteiger partial charge < -0.3 is 9.80 Å². The monoisotopic (exact) mass is 474 g/mol. The SMILES string of the molecule is CCN(CC)C(=O)CN1C(=O)[C@]2(N[C@H](C)[C@H]3C(=O)N(Cc4ccccc4)C(=O)[C@@H]32)c2ccccc21. The zero-order chi connectivity index (χ0) is 24.9. The van der Waals surface area contributed by atoms with Crippen molar-refractivity contribution in [2.45, 2.75) is 38.9 Å². The Balaban J connectivity index is 1.54. The minimum atomic E-state index is -1.37. The number of likely N-dealkylation sites (N-methyl/N-ethyl adjacent to an activating group) is 1. The van der Waals surface area contributed by atoms with E-state index >= 15 is 0 Å². The summed E-state index contributed by atoms with van der Waals surface area (Å²) in [5.74, 6) is -2.62. The minimum Gasteiger partial charge on any atom is -0.342 e. The number of hydrogen-bond acceptors (Lipinski definition) is 5. The fraction of sp³-hybridized carbons (Fsp3) is 0.407. The highest BCUT2D eigenvalue weighted by atomic mass is 16.2. The summed E-state index contributed by atoms with van der Waals surface area (Å²) in [7, 11) is 0. The zero-order valence-corrected chi connectivity index (χ0v) is 20.2. The summed E-state index contributed by atoms with van der Waals surface area (Å²) in [6.45, 7) is 6.81. The first-order valence-corrected chi connectivity index (χ1v) is 12.2. The van der Waals surface area contributed by atoms with E-state index in [1.54, 1.807) is 11.0 Å². The van der Waals surface area contributed by atoms with Crippen LogP contribution >= 0.6 is 0 Å². The van der Waals surface area contributed by atoms with E-state index in [0.29, 0.717) is 24.3 Å². The van der Waals surface area contributed by atoms with Crippen LogP contribution in [-0.2, 0) is 31.3 Å². The maximum absolute atomic E-state index is 14.1. The van der Waals surface area contributed by atoms with Gasteiger partial charge in [-0.25, -0.2) is 0 Å². The molecule has 4 atom stereocenters. The topological polar surface area (TPSA) is 90.0 Å². The molecule has 3 aliphatic rings. The molecule has 0 radical (unpaired) electrons. The first kappa shape index (κ1) is 23.2. The van der Waals surface area contributed by atoms with Gasteiger partial charge in [-0.05, 0) is 32.4 Å². The molecule has 0 bridgehead atoms. The van der Waals surface area contributed by atoms with E-state index in [0.717, 1.165) is 5.56 Å². The third-order valence-electron chi connectivity index (χ3n) is 7.70. The molecule has 0 saturated carbocycles. The highest BCUT2D eigenvalue weighted by Gasteiger charge is 2.70. The Hall–Kier alpha value is -3.52. The Morgan fingerprint density at radius 2 is 1.60 bits per heavy atom. The van der Waals surface area contributed by atoms with Crippen LogP contribution in [0, 0.1) is 11.8 Å². The van der Waals surface area contributed by atoms with E-state index in [4.69, 9.17) is 0 Å². The molecule has 0 aliphatic carbocycles. The van der Waals surface area contributed by atoms with Gasteiger partial charge in [-0.2, -0.15) is 0 Å². The lowest BCUT2D eigenvalue weighted by atomic mass is 9.76. The molecule has 2 fully saturated rings. The average Bonchev–Trinajstić information content (AvgIpc) is 3.40. The van der Waals surface area contributed by atoms with Crippen molar-refractivity contribution >= 4 is 29.3 Å². The number of hydrogen-bond donors (Lipinski definition) is 1. The second-order valence-electron chi connectivity index (χ2n) is 9.47. The van der Waals surface area contributed by atoms with Crippen molar-refractivity contribution in [1.82, 2.24) is 15.1 Å². The van der Waals surface area contributed by atoms with Crippen molar-refractivity contribution in [3.05, 3.63) is 65.7 Å². The number of carbonyl (C=O) groups is 4. The second kappa shape index (κ2) is 8.61. The molecule has 2 aromatic carbocycles. The lowest BCUT2D eigenvalue weighted by Crippen LogP contribution is -2.55. The molecule has 0 aromatic heterocycles. The van der Waals surface area contributed by atoms with E-state index in [1.807, 2.05) is 69.3 Å². The molecule has 1 spiro atoms. The summed E-state index contributed by atoms with van der Waals surface area (Å²) in [6.07, 6.45) is 0. The minimum absolute atomic E-state index is 0.109. The number of carbonyl (C=O) groups excluding carboxylic acids is 4. The molecule has 8 heteroatoms. The fourth-order valence-corrected chi connectivity index (χ4v) is 6.06. The van der Waals surface area contributed by atoms with E-state index in [2.05, 4.69) is 5.32 Å². The Bertz CT molecular complexity index is 1190. The van der Waals surface area contributed by atoms with Gasteiger partial charge in [0, 0.05) is 30.4 Å². The highest BCUT2D eigenvalue weighted by Crippen LogP contribution is 2.54. The van der Waals surface area contributed by atoms with Crippen molar-refractivity contribution in [1.29, 1.82) is 0 Å². The van der Waals surface area contributed by atoms with Crippen LogP contribution in [0.15, 0.2) is 54.6 Å². The Kier molecular flexibility index (Phi) is 5.71. The molecule has 4 amide bonds. The standard InChI is InChI=1S/C27H30N4O4/c1-4-29(5-2)21(32)16-30-20-14-10-9-13-19(20)27(26(30)35)23-22(17(3)28-27)24(33)31(25(23)34)15-18-11-7-6-8-12-18/h6-14,17,22-23,28H,4-5,15-16H2,1-3H3/t17-,22-,23-,27+/m1/s1. The number of rotatable bonds is 6. The van der Waals surface area contributed by atoms with Gasteiger partial charge in [-0.3, -0.25) is 29.4 Å². The van der Waals surface area contributed by atoms with E-state index in [1.165, 1.54) is 9.80 Å². The maximum Gasteiger partial charge on any atom is 0.253 e. The summed E-state index contributed by atoms with van der Waals surface area (Å²) in [5, 5.41) is 3.36. The molecular formula is C27H30N4O4. The van der Waals surface area contributed by atoms with Gasteiger partial charge in [-0.15, -0.1) is 0 Å². The van der Waals surface area contributed by atoms with Crippen molar-refractivity contribution in [2.75, 3.05) is 24.5 Å². The number of nitrogens with zero attached hydrogens (tertiary/aromatic N) is 3. The second-order valence-corrected chi connectivity index (χ2v) is 9.47. The number of amides is 4. The molecule has 3 aliphatic heterocycles. The van der Waals surface area contributed by atoms with Gasteiger partial charge in [0.05, 0.1) is 18.4 Å². The average molecular weight is 475 g/mol. The molecule has 0 unspecified atom stereocenters. The Labute approximate surface area is 204 Å². The van der Waals surface area contributed by atoms with Crippen LogP contribution in [0.1, 0.15) is 31.9 Å². The van der Waals surface area contributed by atoms with Crippen LogP contribution in [0.25, 0.3) is 0 Å². The number of nitrogens with one attached hydrogen (secondary N) is 1. The molecule has 1 N–H and O–H groups in total. The zero-order valence-electron chi connectivity index (χ0n) is 20.2. The smallest absolute Gasteiger partial charge is 0.253 e. The maximum atomic E-state index is 14.1. The van der Waals surface area contributed by atoms with Crippen molar-refractivity contribution < 1.29 is 19.2 Å². The van der Waals surface area contributed by atoms with Crippen LogP contribution in [-0.4, -0.2) is 59.1 Å². The van der Waals surface area contributed by atoms with E-state index < -0.39 is 17.4 Å². The first-order chi connectivity index (χ1) is 16.8. The molecule has 3 heterocycles. The number of para-hydroxylation sites is 1. The van der Waals surface area contributed by atoms with Gasteiger partial charge in [0.25, 0.3) is 5.91 Å². The molecule has 8 nitrogen and oxygen atoms in total. The molecule has 5 rings (SSSR count). The van der Waals surface area contributed by atoms with Gasteiger partial charge in [-0.1, -0.05) is 48.5 Å². The third kappa shape index (κ3) is 3.31. The summed E-state index contributed by atoms with van der Waals surface area (Å²) >= 11 is 0. The van der Waals surface area contributed by atoms with Gasteiger partial charge in [0.1, 0.15) is 12.1 Å². The van der Waals surface area contributed by atoms with Crippen LogP contribution in [0.4, 0.5) is 5.69 Å². The van der Waals surface area contributed by atoms with Crippen molar-refractivity contribution in [3.63, 3.8) is 0 Å². The van der Waals surface area contributed by atoms with Crippen molar-refractivity contribution in [2.24, 2.45) is 11.8 Å². The highest BCUT2D eigenvalue weighted by molar-refractivity contribution is 6.17. The number of anilines is 1. The van der Waals surface area contributed by atoms with Gasteiger partial charge in [0.15, 0.2) is 0 Å². The van der Waals surface area contributed by atoms with E-state index in [9.17, 15) is 19.2 Å². The molecular weight excluding hydrogens is 444 g/mol. The predicted octanol–water partition coefficient (Wildman–Crippen LogP) is 1.89. The summed E-state index contributed by atoms with van der Waals surface area (Å²) in [6, 6.07) is 16.3. The third-order valence-corrected chi connectivity index (χ3v) is 7.70. The summed E-state index contributed by atoms with van der Waals surface area (Å²) < 4.78 is 0. The Morgan fingerprint density at radius 3 is 2.29 bits per heavy atom. The van der Waals surface area contributed by atoms with Crippen LogP contribution in [0.5, 0.6) is 0 Å². The normalized spacial score (nSPS) is 27.1. The number of fused-ring (bicyclic) bond motifs is 4. The number of imide groups is 1. The van der Waals surface area contributed by atoms with Crippen LogP contribution in [0.2, 0.25) is 0 Å². The lowest BCUT2D eigenvalue weighted by molar-refractivity contribution is -0.143. The quantitative estimate of drug-likeness (QED) is 0.646. The van der Waals surface area contributed by atoms with Crippen LogP contribution in [0.3, 0.4) is 0 Å². The first-order valence-electron chi connectivity index (χ1n) is 12.2. The molecule has 2 saturated heterocycles. The largest absolute Gasteiger partial charge is 0.342 e. The van der Waals surface area contributed by atoms with Gasteiger partial charge in [0.2, 0.25) is 17.7 Å². The Morgan fingerprint density at radius 1 is 0.943 bits per heavy atom. The molecule has 35 heavy (non-hydrogen) atoms. The molecule has 182 valence electrons. The number of benzene rings is 2. The lowest BCUT2D eigenvalue weighted by Gasteiger charge is -2.30. The molecule has 2 aromatic rings. The predicted molar refractivity (Wildman–Crippen MR) is 130 cm³/mol. The number of likely N-dealkylation sites (tertiary alicyclic amines) is 1. The van der Waals surface area contributed by atoms with E-state index in [-0.39, 0.29) is 42.8 Å². The summed E-state index contributed by atoms with van der Waals surface area (Å²) in [4.78, 5) is 58.9. The van der Waals surface area contributed by atoms with Gasteiger partial charge >= 0.3 is 0 Å². The van der Waals surface area contributed by atoms with Crippen LogP contribution < -0.4 is 10.2 Å². The van der Waals surface area contributed by atoms with Crippen molar-refractivity contribution in [3.8, 4) is 0 Å². The summed E-state index contributed by atoms with van der Waals surface area (Å²) in [5.41, 5.74) is 0.746.